The summed E-state index contributed by atoms with van der Waals surface area (Å²) in [6, 6.07) is 0. The molecule has 0 saturated carbocycles. The normalized spacial score (nSPS) is 39.5. The number of aliphatic hydroxyl groups is 2. The van der Waals surface area contributed by atoms with E-state index in [-0.39, 0.29) is 6.61 Å². The maximum Gasteiger partial charge on any atom is 0.187 e. The van der Waals surface area contributed by atoms with Gasteiger partial charge in [-0.2, -0.15) is 0 Å². The highest BCUT2D eigenvalue weighted by Gasteiger charge is 2.55. The van der Waals surface area contributed by atoms with Crippen molar-refractivity contribution < 1.29 is 29.2 Å². The van der Waals surface area contributed by atoms with E-state index in [2.05, 4.69) is 6.58 Å². The lowest BCUT2D eigenvalue weighted by atomic mass is 9.99. The highest BCUT2D eigenvalue weighted by molar-refractivity contribution is 4.96. The SMILES string of the molecule is C=CCCCO[C@H]1O[C@@H](CO)[C@H](O)[C@H]2OC(C)(C)O[C@H]12. The first kappa shape index (κ1) is 15.9. The maximum absolute atomic E-state index is 10.1. The number of hydrogen-bond donors (Lipinski definition) is 2. The van der Waals surface area contributed by atoms with Crippen LogP contribution >= 0.6 is 0 Å². The fourth-order valence-electron chi connectivity index (χ4n) is 2.55. The van der Waals surface area contributed by atoms with Crippen LogP contribution in [-0.2, 0) is 18.9 Å². The van der Waals surface area contributed by atoms with Crippen LogP contribution in [0.3, 0.4) is 0 Å². The van der Waals surface area contributed by atoms with E-state index in [1.54, 1.807) is 13.8 Å². The molecule has 0 radical (unpaired) electrons. The molecule has 0 unspecified atom stereocenters. The number of aliphatic hydroxyl groups excluding tert-OH is 2. The summed E-state index contributed by atoms with van der Waals surface area (Å²) in [6.45, 7) is 7.42. The van der Waals surface area contributed by atoms with Crippen LogP contribution in [0.5, 0.6) is 0 Å². The Hall–Kier alpha value is -0.500. The number of ether oxygens (including phenoxy) is 4. The van der Waals surface area contributed by atoms with Crippen molar-refractivity contribution in [1.29, 1.82) is 0 Å². The van der Waals surface area contributed by atoms with Crippen molar-refractivity contribution in [3.05, 3.63) is 12.7 Å². The molecule has 2 rings (SSSR count). The van der Waals surface area contributed by atoms with Crippen LogP contribution in [0.4, 0.5) is 0 Å². The Labute approximate surface area is 119 Å². The highest BCUT2D eigenvalue weighted by atomic mass is 16.8. The summed E-state index contributed by atoms with van der Waals surface area (Å²) >= 11 is 0. The molecule has 2 N–H and O–H groups in total. The molecule has 6 nitrogen and oxygen atoms in total. The van der Waals surface area contributed by atoms with E-state index in [0.29, 0.717) is 6.61 Å². The Morgan fingerprint density at radius 1 is 1.30 bits per heavy atom. The van der Waals surface area contributed by atoms with Gasteiger partial charge in [0, 0.05) is 0 Å². The van der Waals surface area contributed by atoms with Crippen molar-refractivity contribution in [2.24, 2.45) is 0 Å². The van der Waals surface area contributed by atoms with Crippen molar-refractivity contribution in [1.82, 2.24) is 0 Å². The van der Waals surface area contributed by atoms with Gasteiger partial charge in [-0.25, -0.2) is 0 Å². The molecule has 116 valence electrons. The molecule has 0 aliphatic carbocycles. The van der Waals surface area contributed by atoms with Crippen molar-refractivity contribution in [3.63, 3.8) is 0 Å². The van der Waals surface area contributed by atoms with Crippen LogP contribution in [0.1, 0.15) is 26.7 Å². The molecule has 0 aromatic carbocycles. The van der Waals surface area contributed by atoms with Crippen molar-refractivity contribution in [2.75, 3.05) is 13.2 Å². The highest BCUT2D eigenvalue weighted by Crippen LogP contribution is 2.37. The second-order valence-electron chi connectivity index (χ2n) is 5.58. The number of rotatable bonds is 6. The summed E-state index contributed by atoms with van der Waals surface area (Å²) in [5.74, 6) is -0.799. The summed E-state index contributed by atoms with van der Waals surface area (Å²) in [5.41, 5.74) is 0. The van der Waals surface area contributed by atoms with Crippen molar-refractivity contribution >= 4 is 0 Å². The zero-order valence-corrected chi connectivity index (χ0v) is 12.0. The van der Waals surface area contributed by atoms with Gasteiger partial charge in [-0.15, -0.1) is 6.58 Å². The number of fused-ring (bicyclic) bond motifs is 1. The monoisotopic (exact) mass is 288 g/mol. The van der Waals surface area contributed by atoms with Gasteiger partial charge in [-0.3, -0.25) is 0 Å². The lowest BCUT2D eigenvalue weighted by Crippen LogP contribution is -2.58. The zero-order valence-electron chi connectivity index (χ0n) is 12.0. The summed E-state index contributed by atoms with van der Waals surface area (Å²) in [6.07, 6.45) is 0.163. The van der Waals surface area contributed by atoms with E-state index < -0.39 is 36.5 Å². The molecule has 20 heavy (non-hydrogen) atoms. The average Bonchev–Trinajstić information content (AvgIpc) is 2.73. The summed E-state index contributed by atoms with van der Waals surface area (Å²) in [7, 11) is 0. The largest absolute Gasteiger partial charge is 0.394 e. The Bertz CT molecular complexity index is 332. The Morgan fingerprint density at radius 2 is 2.00 bits per heavy atom. The van der Waals surface area contributed by atoms with Crippen LogP contribution in [0.25, 0.3) is 0 Å². The van der Waals surface area contributed by atoms with E-state index >= 15 is 0 Å². The smallest absolute Gasteiger partial charge is 0.187 e. The zero-order chi connectivity index (χ0) is 14.8. The van der Waals surface area contributed by atoms with E-state index in [4.69, 9.17) is 18.9 Å². The fourth-order valence-corrected chi connectivity index (χ4v) is 2.55. The van der Waals surface area contributed by atoms with Gasteiger partial charge in [0.15, 0.2) is 12.1 Å². The Morgan fingerprint density at radius 3 is 2.65 bits per heavy atom. The molecular formula is C14H24O6. The van der Waals surface area contributed by atoms with Crippen LogP contribution in [0.15, 0.2) is 12.7 Å². The molecule has 0 aromatic heterocycles. The number of unbranched alkanes of at least 4 members (excludes halogenated alkanes) is 1. The molecular weight excluding hydrogens is 264 g/mol. The standard InChI is InChI=1S/C14H24O6/c1-4-5-6-7-17-13-12-11(19-14(2,3)20-12)10(16)9(8-15)18-13/h4,9-13,15-16H,1,5-8H2,2-3H3/t9-,10-,11+,12-,13-/m0/s1. The molecule has 2 heterocycles. The Balaban J connectivity index is 2.00. The van der Waals surface area contributed by atoms with Gasteiger partial charge in [0.1, 0.15) is 24.4 Å². The Kier molecular flexibility index (Phi) is 5.17. The van der Waals surface area contributed by atoms with Crippen LogP contribution < -0.4 is 0 Å². The summed E-state index contributed by atoms with van der Waals surface area (Å²) < 4.78 is 22.7. The molecule has 6 heteroatoms. The first-order chi connectivity index (χ1) is 9.48. The van der Waals surface area contributed by atoms with E-state index in [1.807, 2.05) is 6.08 Å². The maximum atomic E-state index is 10.1. The van der Waals surface area contributed by atoms with Gasteiger partial charge in [0.05, 0.1) is 13.2 Å². The minimum absolute atomic E-state index is 0.291. The fraction of sp³-hybridized carbons (Fsp3) is 0.857. The number of allylic oxidation sites excluding steroid dienone is 1. The van der Waals surface area contributed by atoms with Crippen LogP contribution in [0.2, 0.25) is 0 Å². The van der Waals surface area contributed by atoms with Gasteiger partial charge >= 0.3 is 0 Å². The molecule has 5 atom stereocenters. The molecule has 0 spiro atoms. The second-order valence-corrected chi connectivity index (χ2v) is 5.58. The minimum atomic E-state index is -0.931. The van der Waals surface area contributed by atoms with Gasteiger partial charge in [-0.1, -0.05) is 6.08 Å². The van der Waals surface area contributed by atoms with E-state index in [0.717, 1.165) is 12.8 Å². The topological polar surface area (TPSA) is 77.4 Å². The van der Waals surface area contributed by atoms with Crippen LogP contribution in [-0.4, -0.2) is 59.9 Å². The molecule has 0 aromatic rings. The van der Waals surface area contributed by atoms with Gasteiger partial charge in [0.25, 0.3) is 0 Å². The minimum Gasteiger partial charge on any atom is -0.394 e. The lowest BCUT2D eigenvalue weighted by molar-refractivity contribution is -0.280. The molecule has 2 aliphatic rings. The van der Waals surface area contributed by atoms with Gasteiger partial charge in [0.2, 0.25) is 0 Å². The predicted octanol–water partition coefficient (Wildman–Crippen LogP) is 0.567. The quantitative estimate of drug-likeness (QED) is 0.549. The third-order valence-electron chi connectivity index (χ3n) is 3.47. The first-order valence-corrected chi connectivity index (χ1v) is 7.01. The van der Waals surface area contributed by atoms with Gasteiger partial charge in [-0.05, 0) is 26.7 Å². The first-order valence-electron chi connectivity index (χ1n) is 7.01. The average molecular weight is 288 g/mol. The second kappa shape index (κ2) is 6.51. The molecule has 0 amide bonds. The lowest BCUT2D eigenvalue weighted by Gasteiger charge is -2.39. The van der Waals surface area contributed by atoms with E-state index in [1.165, 1.54) is 0 Å². The van der Waals surface area contributed by atoms with Crippen molar-refractivity contribution in [3.8, 4) is 0 Å². The molecule has 0 bridgehead atoms. The third-order valence-corrected chi connectivity index (χ3v) is 3.47. The molecule has 2 aliphatic heterocycles. The predicted molar refractivity (Wildman–Crippen MR) is 71.0 cm³/mol. The summed E-state index contributed by atoms with van der Waals surface area (Å²) in [4.78, 5) is 0. The summed E-state index contributed by atoms with van der Waals surface area (Å²) in [5, 5.41) is 19.4. The third kappa shape index (κ3) is 3.39. The van der Waals surface area contributed by atoms with E-state index in [9.17, 15) is 10.2 Å². The van der Waals surface area contributed by atoms with Gasteiger partial charge < -0.3 is 29.2 Å². The van der Waals surface area contributed by atoms with Crippen molar-refractivity contribution in [2.45, 2.75) is 63.2 Å². The van der Waals surface area contributed by atoms with Crippen LogP contribution in [0, 0.1) is 0 Å². The molecule has 2 saturated heterocycles. The number of hydrogen-bond acceptors (Lipinski definition) is 6. The molecule has 2 fully saturated rings.